The topological polar surface area (TPSA) is 65.5 Å². The Morgan fingerprint density at radius 2 is 1.64 bits per heavy atom. The molecule has 0 saturated carbocycles. The maximum atomic E-state index is 13.7. The first-order chi connectivity index (χ1) is 18.8. The van der Waals surface area contributed by atoms with Gasteiger partial charge in [0.05, 0.1) is 0 Å². The van der Waals surface area contributed by atoms with Gasteiger partial charge in [-0.1, -0.05) is 51.1 Å². The number of benzene rings is 2. The van der Waals surface area contributed by atoms with E-state index in [0.717, 1.165) is 55.7 Å². The summed E-state index contributed by atoms with van der Waals surface area (Å²) < 4.78 is 0. The smallest absolute Gasteiger partial charge is 0.272 e. The van der Waals surface area contributed by atoms with Crippen LogP contribution in [0.4, 0.5) is 5.69 Å². The number of nitrogens with zero attached hydrogens (tertiary/aromatic N) is 3. The minimum absolute atomic E-state index is 0.0343. The predicted octanol–water partition coefficient (Wildman–Crippen LogP) is 6.36. The molecule has 1 N–H and O–H groups in total. The molecule has 0 unspecified atom stereocenters. The van der Waals surface area contributed by atoms with Crippen LogP contribution in [0.2, 0.25) is 0 Å². The zero-order chi connectivity index (χ0) is 27.8. The van der Waals surface area contributed by atoms with Crippen molar-refractivity contribution in [3.05, 3.63) is 94.8 Å². The van der Waals surface area contributed by atoms with Gasteiger partial charge < -0.3 is 15.1 Å². The van der Waals surface area contributed by atoms with E-state index in [1.54, 1.807) is 6.20 Å². The molecule has 3 aromatic rings. The Bertz CT molecular complexity index is 1210. The summed E-state index contributed by atoms with van der Waals surface area (Å²) in [7, 11) is 0. The predicted molar refractivity (Wildman–Crippen MR) is 158 cm³/mol. The van der Waals surface area contributed by atoms with Crippen molar-refractivity contribution in [3.8, 4) is 0 Å². The van der Waals surface area contributed by atoms with Gasteiger partial charge in [0.15, 0.2) is 0 Å². The molecule has 0 aliphatic carbocycles. The average molecular weight is 527 g/mol. The summed E-state index contributed by atoms with van der Waals surface area (Å²) in [6.45, 7) is 12.2. The number of carbonyl (C=O) groups is 2. The molecule has 1 aliphatic rings. The van der Waals surface area contributed by atoms with Gasteiger partial charge in [0.2, 0.25) is 0 Å². The Morgan fingerprint density at radius 3 is 2.23 bits per heavy atom. The molecule has 1 fully saturated rings. The van der Waals surface area contributed by atoms with Crippen LogP contribution < -0.4 is 5.32 Å². The molecule has 0 atom stereocenters. The number of pyridine rings is 1. The second-order valence-corrected chi connectivity index (χ2v) is 11.1. The number of piperidine rings is 1. The quantitative estimate of drug-likeness (QED) is 0.334. The van der Waals surface area contributed by atoms with Crippen molar-refractivity contribution >= 4 is 17.5 Å². The first-order valence-corrected chi connectivity index (χ1v) is 14.3. The molecular weight excluding hydrogens is 484 g/mol. The number of anilines is 1. The summed E-state index contributed by atoms with van der Waals surface area (Å²) in [6, 6.07) is 19.4. The van der Waals surface area contributed by atoms with Gasteiger partial charge in [0, 0.05) is 43.1 Å². The van der Waals surface area contributed by atoms with E-state index in [1.807, 2.05) is 72.5 Å². The molecule has 0 spiro atoms. The Balaban J connectivity index is 1.45. The van der Waals surface area contributed by atoms with Gasteiger partial charge in [0.25, 0.3) is 11.8 Å². The number of nitrogens with one attached hydrogen (secondary N) is 1. The van der Waals surface area contributed by atoms with E-state index in [2.05, 4.69) is 36.0 Å². The number of carbonyl (C=O) groups excluding carboxylic acids is 2. The number of rotatable bonds is 10. The third-order valence-electron chi connectivity index (χ3n) is 7.60. The van der Waals surface area contributed by atoms with Gasteiger partial charge in [0.1, 0.15) is 5.69 Å². The van der Waals surface area contributed by atoms with Crippen molar-refractivity contribution in [1.82, 2.24) is 14.8 Å². The number of aryl methyl sites for hydroxylation is 2. The molecule has 0 bridgehead atoms. The lowest BCUT2D eigenvalue weighted by atomic mass is 10.00. The summed E-state index contributed by atoms with van der Waals surface area (Å²) in [6.07, 6.45) is 5.82. The van der Waals surface area contributed by atoms with E-state index >= 15 is 0 Å². The molecule has 206 valence electrons. The Labute approximate surface area is 233 Å². The van der Waals surface area contributed by atoms with Crippen molar-refractivity contribution < 1.29 is 9.59 Å². The summed E-state index contributed by atoms with van der Waals surface area (Å²) >= 11 is 0. The first-order valence-electron chi connectivity index (χ1n) is 14.3. The molecule has 6 nitrogen and oxygen atoms in total. The van der Waals surface area contributed by atoms with Gasteiger partial charge in [-0.05, 0) is 92.1 Å². The van der Waals surface area contributed by atoms with Crippen molar-refractivity contribution in [2.24, 2.45) is 5.92 Å². The standard InChI is InChI=1S/C33H42N4O2/c1-5-26-9-13-29(14-10-26)35-32(38)28-11-7-27(8-12-28)23-37(33(39)31-15-6-25(4)22-34-31)30-17-20-36(21-18-30)19-16-24(2)3/h6-15,22,24,30H,5,16-21,23H2,1-4H3,(H,35,38). The molecule has 39 heavy (non-hydrogen) atoms. The molecule has 1 aromatic heterocycles. The molecule has 2 aromatic carbocycles. The number of amides is 2. The largest absolute Gasteiger partial charge is 0.330 e. The van der Waals surface area contributed by atoms with Crippen LogP contribution in [0.1, 0.15) is 77.6 Å². The van der Waals surface area contributed by atoms with Crippen molar-refractivity contribution in [1.29, 1.82) is 0 Å². The summed E-state index contributed by atoms with van der Waals surface area (Å²) in [5.41, 5.74) is 5.12. The van der Waals surface area contributed by atoms with E-state index in [-0.39, 0.29) is 17.9 Å². The molecule has 0 radical (unpaired) electrons. The van der Waals surface area contributed by atoms with Crippen LogP contribution in [0.15, 0.2) is 66.9 Å². The number of hydrogen-bond donors (Lipinski definition) is 1. The summed E-state index contributed by atoms with van der Waals surface area (Å²) in [4.78, 5) is 35.4. The number of likely N-dealkylation sites (tertiary alicyclic amines) is 1. The Hall–Kier alpha value is -3.51. The van der Waals surface area contributed by atoms with Gasteiger partial charge in [-0.15, -0.1) is 0 Å². The third-order valence-corrected chi connectivity index (χ3v) is 7.60. The monoisotopic (exact) mass is 526 g/mol. The van der Waals surface area contributed by atoms with E-state index in [0.29, 0.717) is 23.7 Å². The minimum atomic E-state index is -0.142. The lowest BCUT2D eigenvalue weighted by molar-refractivity contribution is 0.0540. The third kappa shape index (κ3) is 7.99. The second kappa shape index (κ2) is 13.5. The van der Waals surface area contributed by atoms with E-state index in [1.165, 1.54) is 12.0 Å². The first kappa shape index (κ1) is 28.5. The molecule has 4 rings (SSSR count). The highest BCUT2D eigenvalue weighted by Crippen LogP contribution is 2.22. The van der Waals surface area contributed by atoms with Crippen molar-refractivity contribution in [2.45, 2.75) is 66.0 Å². The lowest BCUT2D eigenvalue weighted by Crippen LogP contribution is -2.47. The van der Waals surface area contributed by atoms with Crippen molar-refractivity contribution in [3.63, 3.8) is 0 Å². The van der Waals surface area contributed by atoms with Crippen molar-refractivity contribution in [2.75, 3.05) is 25.0 Å². The average Bonchev–Trinajstić information content (AvgIpc) is 2.96. The van der Waals surface area contributed by atoms with E-state index in [9.17, 15) is 9.59 Å². The van der Waals surface area contributed by atoms with E-state index < -0.39 is 0 Å². The zero-order valence-corrected chi connectivity index (χ0v) is 23.8. The minimum Gasteiger partial charge on any atom is -0.330 e. The maximum Gasteiger partial charge on any atom is 0.272 e. The fraction of sp³-hybridized carbons (Fsp3) is 0.424. The van der Waals surface area contributed by atoms with Gasteiger partial charge in [-0.25, -0.2) is 0 Å². The van der Waals surface area contributed by atoms with Crippen LogP contribution in [0.25, 0.3) is 0 Å². The lowest BCUT2D eigenvalue weighted by Gasteiger charge is -2.38. The van der Waals surface area contributed by atoms with Crippen LogP contribution in [0, 0.1) is 12.8 Å². The number of aromatic nitrogens is 1. The zero-order valence-electron chi connectivity index (χ0n) is 23.8. The Kier molecular flexibility index (Phi) is 9.88. The number of hydrogen-bond acceptors (Lipinski definition) is 4. The van der Waals surface area contributed by atoms with Crippen LogP contribution in [-0.4, -0.2) is 52.3 Å². The molecule has 1 aliphatic heterocycles. The van der Waals surface area contributed by atoms with Crippen LogP contribution in [-0.2, 0) is 13.0 Å². The SMILES string of the molecule is CCc1ccc(NC(=O)c2ccc(CN(C(=O)c3ccc(C)cn3)C3CCN(CCC(C)C)CC3)cc2)cc1. The molecule has 2 heterocycles. The fourth-order valence-electron chi connectivity index (χ4n) is 4.99. The fourth-order valence-corrected chi connectivity index (χ4v) is 4.99. The summed E-state index contributed by atoms with van der Waals surface area (Å²) in [5.74, 6) is 0.518. The van der Waals surface area contributed by atoms with Crippen LogP contribution in [0.5, 0.6) is 0 Å². The highest BCUT2D eigenvalue weighted by atomic mass is 16.2. The van der Waals surface area contributed by atoms with Gasteiger partial charge in [-0.3, -0.25) is 14.6 Å². The summed E-state index contributed by atoms with van der Waals surface area (Å²) in [5, 5.41) is 2.97. The molecule has 6 heteroatoms. The van der Waals surface area contributed by atoms with Crippen LogP contribution in [0.3, 0.4) is 0 Å². The highest BCUT2D eigenvalue weighted by Gasteiger charge is 2.29. The normalized spacial score (nSPS) is 14.4. The second-order valence-electron chi connectivity index (χ2n) is 11.1. The molecular formula is C33H42N4O2. The van der Waals surface area contributed by atoms with E-state index in [4.69, 9.17) is 0 Å². The highest BCUT2D eigenvalue weighted by molar-refractivity contribution is 6.04. The van der Waals surface area contributed by atoms with Gasteiger partial charge in [-0.2, -0.15) is 0 Å². The van der Waals surface area contributed by atoms with Gasteiger partial charge >= 0.3 is 0 Å². The Morgan fingerprint density at radius 1 is 0.974 bits per heavy atom. The molecule has 1 saturated heterocycles. The maximum absolute atomic E-state index is 13.7. The van der Waals surface area contributed by atoms with Crippen LogP contribution >= 0.6 is 0 Å². The molecule has 2 amide bonds.